The van der Waals surface area contributed by atoms with Gasteiger partial charge >= 0.3 is 11.9 Å². The number of carboxylic acid groups (broad SMARTS) is 2. The highest BCUT2D eigenvalue weighted by Crippen LogP contribution is 2.20. The fraction of sp³-hybridized carbons (Fsp3) is 0.154. The predicted octanol–water partition coefficient (Wildman–Crippen LogP) is 7.50. The molecule has 1 amide bonds. The Morgan fingerprint density at radius 2 is 1.47 bits per heavy atom. The Balaban J connectivity index is 1.22. The lowest BCUT2D eigenvalue weighted by Gasteiger charge is -2.27. The molecule has 5 aromatic carbocycles. The molecule has 8 heteroatoms. The smallest absolute Gasteiger partial charge is 0.320 e. The lowest BCUT2D eigenvalue weighted by Crippen LogP contribution is -2.41. The van der Waals surface area contributed by atoms with Crippen LogP contribution in [-0.4, -0.2) is 45.5 Å². The Labute approximate surface area is 273 Å². The van der Waals surface area contributed by atoms with Gasteiger partial charge in [0.05, 0.1) is 0 Å². The van der Waals surface area contributed by atoms with Gasteiger partial charge in [0.25, 0.3) is 5.91 Å². The first-order chi connectivity index (χ1) is 22.8. The molecule has 0 saturated carbocycles. The number of hydrogen-bond acceptors (Lipinski definition) is 5. The summed E-state index contributed by atoms with van der Waals surface area (Å²) in [4.78, 5) is 38.1. The first-order valence-corrected chi connectivity index (χ1v) is 15.3. The van der Waals surface area contributed by atoms with Gasteiger partial charge in [-0.05, 0) is 70.3 Å². The van der Waals surface area contributed by atoms with E-state index >= 15 is 0 Å². The van der Waals surface area contributed by atoms with Crippen molar-refractivity contribution in [3.8, 4) is 5.75 Å². The van der Waals surface area contributed by atoms with Crippen molar-refractivity contribution in [3.63, 3.8) is 0 Å². The van der Waals surface area contributed by atoms with Gasteiger partial charge in [-0.3, -0.25) is 19.3 Å². The average molecular weight is 629 g/mol. The van der Waals surface area contributed by atoms with Crippen LogP contribution in [-0.2, 0) is 22.7 Å². The molecule has 0 aliphatic carbocycles. The molecule has 47 heavy (non-hydrogen) atoms. The molecule has 5 aromatic rings. The van der Waals surface area contributed by atoms with Crippen LogP contribution in [0.2, 0.25) is 0 Å². The number of benzene rings is 5. The second-order valence-corrected chi connectivity index (χ2v) is 11.2. The van der Waals surface area contributed by atoms with Crippen LogP contribution in [0.5, 0.6) is 5.75 Å². The fourth-order valence-electron chi connectivity index (χ4n) is 5.23. The third-order valence-electron chi connectivity index (χ3n) is 7.75. The van der Waals surface area contributed by atoms with Gasteiger partial charge in [0.2, 0.25) is 0 Å². The Kier molecular flexibility index (Phi) is 11.1. The van der Waals surface area contributed by atoms with Crippen molar-refractivity contribution in [2.24, 2.45) is 0 Å². The van der Waals surface area contributed by atoms with Crippen molar-refractivity contribution >= 4 is 40.4 Å². The van der Waals surface area contributed by atoms with E-state index in [-0.39, 0.29) is 25.3 Å². The first kappa shape index (κ1) is 32.7. The Morgan fingerprint density at radius 3 is 2.17 bits per heavy atom. The molecular formula is C39H36N2O6. The number of hydrogen-bond donors (Lipinski definition) is 3. The minimum atomic E-state index is -1.08. The molecule has 0 aliphatic rings. The first-order valence-electron chi connectivity index (χ1n) is 15.3. The third kappa shape index (κ3) is 9.63. The summed E-state index contributed by atoms with van der Waals surface area (Å²) >= 11 is 0. The number of rotatable bonds is 15. The van der Waals surface area contributed by atoms with Gasteiger partial charge in [-0.2, -0.15) is 0 Å². The number of aliphatic carboxylic acids is 2. The van der Waals surface area contributed by atoms with E-state index in [2.05, 4.69) is 5.32 Å². The Bertz CT molecular complexity index is 1840. The average Bonchev–Trinajstić information content (AvgIpc) is 3.08. The number of nitrogens with one attached hydrogen (secondary N) is 1. The van der Waals surface area contributed by atoms with Gasteiger partial charge in [-0.15, -0.1) is 0 Å². The minimum absolute atomic E-state index is 0.0254. The summed E-state index contributed by atoms with van der Waals surface area (Å²) in [6, 6.07) is 37.1. The van der Waals surface area contributed by atoms with Crippen LogP contribution in [0.3, 0.4) is 0 Å². The molecule has 3 N–H and O–H groups in total. The maximum absolute atomic E-state index is 12.8. The fourth-order valence-corrected chi connectivity index (χ4v) is 5.23. The van der Waals surface area contributed by atoms with E-state index in [1.807, 2.05) is 127 Å². The zero-order valence-electron chi connectivity index (χ0n) is 25.8. The highest BCUT2D eigenvalue weighted by molar-refractivity contribution is 6.06. The molecule has 1 atom stereocenters. The zero-order chi connectivity index (χ0) is 33.0. The molecule has 0 radical (unpaired) electrons. The van der Waals surface area contributed by atoms with Gasteiger partial charge in [-0.25, -0.2) is 0 Å². The maximum Gasteiger partial charge on any atom is 0.320 e. The van der Waals surface area contributed by atoms with Crippen molar-refractivity contribution in [1.29, 1.82) is 0 Å². The van der Waals surface area contributed by atoms with E-state index in [1.165, 1.54) is 0 Å². The van der Waals surface area contributed by atoms with Crippen molar-refractivity contribution < 1.29 is 29.3 Å². The number of carboxylic acids is 2. The van der Waals surface area contributed by atoms with Crippen molar-refractivity contribution in [2.45, 2.75) is 32.0 Å². The number of ether oxygens (including phenoxy) is 1. The second-order valence-electron chi connectivity index (χ2n) is 11.2. The predicted molar refractivity (Wildman–Crippen MR) is 183 cm³/mol. The summed E-state index contributed by atoms with van der Waals surface area (Å²) in [6.07, 6.45) is 3.45. The SMILES string of the molecule is O=C(O)CC[C@@H](C(=O)O)N(C/C=C/c1ccc(NC(=O)c2ccc3ccccc3c2)cc1)Cc1ccc(OCc2ccccc2)cc1. The van der Waals surface area contributed by atoms with E-state index < -0.39 is 18.0 Å². The number of carbonyl (C=O) groups excluding carboxylic acids is 1. The standard InChI is InChI=1S/C39H36N2O6/c42-37(43)23-22-36(39(45)46)41(26-29-14-20-35(21-15-29)47-27-30-7-2-1-3-8-30)24-6-9-28-12-18-34(19-13-28)40-38(44)33-17-16-31-10-4-5-11-32(31)25-33/h1-21,25,36H,22-24,26-27H2,(H,40,44)(H,42,43)(H,45,46)/b9-6+/t36-/m0/s1. The molecule has 0 saturated heterocycles. The topological polar surface area (TPSA) is 116 Å². The van der Waals surface area contributed by atoms with Crippen molar-refractivity contribution in [1.82, 2.24) is 4.90 Å². The molecule has 0 aromatic heterocycles. The van der Waals surface area contributed by atoms with Gasteiger partial charge in [0.1, 0.15) is 18.4 Å². The van der Waals surface area contributed by atoms with E-state index in [1.54, 1.807) is 11.0 Å². The molecule has 8 nitrogen and oxygen atoms in total. The van der Waals surface area contributed by atoms with Gasteiger partial charge in [0.15, 0.2) is 0 Å². The number of fused-ring (bicyclic) bond motifs is 1. The lowest BCUT2D eigenvalue weighted by molar-refractivity contribution is -0.144. The van der Waals surface area contributed by atoms with Gasteiger partial charge < -0.3 is 20.3 Å². The van der Waals surface area contributed by atoms with Crippen LogP contribution < -0.4 is 10.1 Å². The largest absolute Gasteiger partial charge is 0.489 e. The van der Waals surface area contributed by atoms with E-state index in [9.17, 15) is 24.6 Å². The highest BCUT2D eigenvalue weighted by atomic mass is 16.5. The van der Waals surface area contributed by atoms with Crippen molar-refractivity contribution in [2.75, 3.05) is 11.9 Å². The summed E-state index contributed by atoms with van der Waals surface area (Å²) in [5.41, 5.74) is 4.01. The molecule has 5 rings (SSSR count). The number of nitrogens with zero attached hydrogens (tertiary/aromatic N) is 1. The molecule has 0 bridgehead atoms. The van der Waals surface area contributed by atoms with Gasteiger partial charge in [-0.1, -0.05) is 97.1 Å². The summed E-state index contributed by atoms with van der Waals surface area (Å²) in [7, 11) is 0. The molecule has 0 spiro atoms. The Hall–Kier alpha value is -5.73. The molecule has 0 unspecified atom stereocenters. The van der Waals surface area contributed by atoms with Crippen LogP contribution in [0.25, 0.3) is 16.8 Å². The van der Waals surface area contributed by atoms with E-state index in [0.29, 0.717) is 30.2 Å². The monoisotopic (exact) mass is 628 g/mol. The van der Waals surface area contributed by atoms with Crippen LogP contribution in [0.15, 0.2) is 127 Å². The van der Waals surface area contributed by atoms with Crippen LogP contribution in [0.1, 0.15) is 39.9 Å². The molecule has 0 heterocycles. The summed E-state index contributed by atoms with van der Waals surface area (Å²) in [6.45, 7) is 1.02. The lowest BCUT2D eigenvalue weighted by atomic mass is 10.1. The molecule has 238 valence electrons. The second kappa shape index (κ2) is 16.0. The van der Waals surface area contributed by atoms with Crippen LogP contribution >= 0.6 is 0 Å². The summed E-state index contributed by atoms with van der Waals surface area (Å²) in [5, 5.41) is 24.2. The quantitative estimate of drug-likeness (QED) is 0.110. The molecular weight excluding hydrogens is 592 g/mol. The van der Waals surface area contributed by atoms with E-state index in [4.69, 9.17) is 4.74 Å². The number of amides is 1. The van der Waals surface area contributed by atoms with Crippen LogP contribution in [0.4, 0.5) is 5.69 Å². The normalized spacial score (nSPS) is 11.9. The Morgan fingerprint density at radius 1 is 0.766 bits per heavy atom. The minimum Gasteiger partial charge on any atom is -0.489 e. The summed E-state index contributed by atoms with van der Waals surface area (Å²) < 4.78 is 5.88. The summed E-state index contributed by atoms with van der Waals surface area (Å²) in [5.74, 6) is -1.62. The maximum atomic E-state index is 12.8. The number of carbonyl (C=O) groups is 3. The van der Waals surface area contributed by atoms with E-state index in [0.717, 1.165) is 27.5 Å². The third-order valence-corrected chi connectivity index (χ3v) is 7.75. The zero-order valence-corrected chi connectivity index (χ0v) is 25.8. The van der Waals surface area contributed by atoms with Gasteiger partial charge in [0, 0.05) is 30.8 Å². The van der Waals surface area contributed by atoms with Crippen LogP contribution in [0, 0.1) is 0 Å². The highest BCUT2D eigenvalue weighted by Gasteiger charge is 2.25. The van der Waals surface area contributed by atoms with Crippen molar-refractivity contribution in [3.05, 3.63) is 150 Å². The molecule has 0 aliphatic heterocycles. The number of anilines is 1. The molecule has 0 fully saturated rings.